The third-order valence-corrected chi connectivity index (χ3v) is 7.83. The number of rotatable bonds is 7. The normalized spacial score (nSPS) is 12.9. The van der Waals surface area contributed by atoms with Gasteiger partial charge in [-0.3, -0.25) is 9.88 Å². The topological polar surface area (TPSA) is 81.5 Å². The molecule has 0 aliphatic carbocycles. The van der Waals surface area contributed by atoms with Crippen LogP contribution in [0.25, 0.3) is 10.6 Å². The second kappa shape index (κ2) is 9.30. The predicted octanol–water partition coefficient (Wildman–Crippen LogP) is 5.08. The maximum absolute atomic E-state index is 13.7. The van der Waals surface area contributed by atoms with Crippen LogP contribution in [0.2, 0.25) is 0 Å². The summed E-state index contributed by atoms with van der Waals surface area (Å²) in [5.41, 5.74) is 1.22. The molecule has 0 saturated carbocycles. The highest BCUT2D eigenvalue weighted by Gasteiger charge is 2.32. The molecule has 3 aromatic rings. The van der Waals surface area contributed by atoms with Gasteiger partial charge in [0.15, 0.2) is 0 Å². The van der Waals surface area contributed by atoms with Gasteiger partial charge in [0.25, 0.3) is 0 Å². The molecule has 170 valence electrons. The quantitative estimate of drug-likeness (QED) is 0.447. The summed E-state index contributed by atoms with van der Waals surface area (Å²) in [4.78, 5) is 18.8. The fourth-order valence-electron chi connectivity index (χ4n) is 3.36. The molecule has 1 atom stereocenters. The van der Waals surface area contributed by atoms with E-state index in [2.05, 4.69) is 11.6 Å². The molecule has 0 spiro atoms. The molecule has 3 heterocycles. The Morgan fingerprint density at radius 1 is 1.34 bits per heavy atom. The highest BCUT2D eigenvalue weighted by atomic mass is 32.2. The standard InChI is InChI=1S/C23H27N3O4S2/c1-6-21(18-9-7-11-24-14-18)32(28,29)26-16-17(13-19(26)20-10-8-12-31-20)15-25(22(27)30-5)23(2,3)4/h6-14,16,21H,1,15H2,2-5H3. The van der Waals surface area contributed by atoms with Crippen molar-refractivity contribution in [2.75, 3.05) is 7.11 Å². The van der Waals surface area contributed by atoms with Gasteiger partial charge in [-0.25, -0.2) is 17.2 Å². The van der Waals surface area contributed by atoms with E-state index in [4.69, 9.17) is 4.74 Å². The molecule has 0 fully saturated rings. The number of amides is 1. The van der Waals surface area contributed by atoms with Gasteiger partial charge in [-0.2, -0.15) is 0 Å². The van der Waals surface area contributed by atoms with Gasteiger partial charge in [0, 0.05) is 24.1 Å². The smallest absolute Gasteiger partial charge is 0.410 e. The number of carbonyl (C=O) groups excluding carboxylic acids is 1. The van der Waals surface area contributed by atoms with Crippen molar-refractivity contribution >= 4 is 27.5 Å². The molecule has 3 aromatic heterocycles. The number of aromatic nitrogens is 2. The maximum atomic E-state index is 13.7. The zero-order valence-electron chi connectivity index (χ0n) is 18.6. The van der Waals surface area contributed by atoms with E-state index in [0.29, 0.717) is 16.8 Å². The minimum Gasteiger partial charge on any atom is -0.453 e. The van der Waals surface area contributed by atoms with Crippen LogP contribution in [0, 0.1) is 0 Å². The van der Waals surface area contributed by atoms with Crippen LogP contribution in [-0.2, 0) is 21.3 Å². The molecule has 0 saturated heterocycles. The molecule has 32 heavy (non-hydrogen) atoms. The maximum Gasteiger partial charge on any atom is 0.410 e. The van der Waals surface area contributed by atoms with E-state index in [1.165, 1.54) is 34.7 Å². The molecule has 0 aliphatic rings. The van der Waals surface area contributed by atoms with Gasteiger partial charge in [-0.05, 0) is 55.5 Å². The van der Waals surface area contributed by atoms with Crippen LogP contribution in [-0.4, -0.2) is 41.0 Å². The van der Waals surface area contributed by atoms with Gasteiger partial charge >= 0.3 is 6.09 Å². The first-order valence-corrected chi connectivity index (χ1v) is 12.4. The molecule has 1 unspecified atom stereocenters. The molecule has 0 N–H and O–H groups in total. The van der Waals surface area contributed by atoms with Crippen LogP contribution in [0.1, 0.15) is 37.1 Å². The van der Waals surface area contributed by atoms with Gasteiger partial charge in [-0.1, -0.05) is 18.2 Å². The van der Waals surface area contributed by atoms with Crippen LogP contribution in [0.15, 0.2) is 67.0 Å². The molecule has 7 nitrogen and oxygen atoms in total. The van der Waals surface area contributed by atoms with Crippen LogP contribution >= 0.6 is 11.3 Å². The number of ether oxygens (including phenoxy) is 1. The van der Waals surface area contributed by atoms with Gasteiger partial charge < -0.3 is 4.74 Å². The summed E-state index contributed by atoms with van der Waals surface area (Å²) in [5, 5.41) is 0.913. The molecule has 0 radical (unpaired) electrons. The van der Waals surface area contributed by atoms with E-state index in [1.807, 2.05) is 38.3 Å². The van der Waals surface area contributed by atoms with E-state index >= 15 is 0 Å². The summed E-state index contributed by atoms with van der Waals surface area (Å²) in [7, 11) is -2.58. The van der Waals surface area contributed by atoms with E-state index in [9.17, 15) is 13.2 Å². The SMILES string of the molecule is C=CC(c1cccnc1)S(=O)(=O)n1cc(CN(C(=O)OC)C(C)(C)C)cc1-c1cccs1. The number of hydrogen-bond acceptors (Lipinski definition) is 6. The first kappa shape index (κ1) is 23.7. The van der Waals surface area contributed by atoms with Gasteiger partial charge in [0.05, 0.1) is 24.2 Å². The predicted molar refractivity (Wildman–Crippen MR) is 127 cm³/mol. The largest absolute Gasteiger partial charge is 0.453 e. The van der Waals surface area contributed by atoms with Crippen molar-refractivity contribution in [2.45, 2.75) is 38.1 Å². The monoisotopic (exact) mass is 473 g/mol. The molecular weight excluding hydrogens is 446 g/mol. The lowest BCUT2D eigenvalue weighted by atomic mass is 10.1. The molecule has 3 rings (SSSR count). The number of methoxy groups -OCH3 is 1. The van der Waals surface area contributed by atoms with Crippen molar-refractivity contribution in [3.63, 3.8) is 0 Å². The molecule has 0 aromatic carbocycles. The van der Waals surface area contributed by atoms with E-state index in [1.54, 1.807) is 35.5 Å². The number of carbonyl (C=O) groups is 1. The van der Waals surface area contributed by atoms with Crippen LogP contribution in [0.3, 0.4) is 0 Å². The second-order valence-electron chi connectivity index (χ2n) is 8.22. The Bertz CT molecular complexity index is 1180. The summed E-state index contributed by atoms with van der Waals surface area (Å²) < 4.78 is 33.7. The lowest BCUT2D eigenvalue weighted by Crippen LogP contribution is -2.44. The lowest BCUT2D eigenvalue weighted by molar-refractivity contribution is 0.0793. The Hall–Kier alpha value is -2.91. The van der Waals surface area contributed by atoms with E-state index in [0.717, 1.165) is 4.88 Å². The minimum atomic E-state index is -3.91. The Labute approximate surface area is 193 Å². The Kier molecular flexibility index (Phi) is 6.90. The molecule has 1 amide bonds. The molecule has 0 bridgehead atoms. The summed E-state index contributed by atoms with van der Waals surface area (Å²) >= 11 is 1.44. The average molecular weight is 474 g/mol. The number of thiophene rings is 1. The highest BCUT2D eigenvalue weighted by molar-refractivity contribution is 7.90. The Balaban J connectivity index is 2.12. The summed E-state index contributed by atoms with van der Waals surface area (Å²) in [6.45, 7) is 9.64. The van der Waals surface area contributed by atoms with Crippen LogP contribution < -0.4 is 0 Å². The van der Waals surface area contributed by atoms with Crippen LogP contribution in [0.5, 0.6) is 0 Å². The van der Waals surface area contributed by atoms with Crippen molar-refractivity contribution in [1.29, 1.82) is 0 Å². The summed E-state index contributed by atoms with van der Waals surface area (Å²) in [5.74, 6) is 0. The Morgan fingerprint density at radius 2 is 2.09 bits per heavy atom. The van der Waals surface area contributed by atoms with E-state index in [-0.39, 0.29) is 6.54 Å². The zero-order chi connectivity index (χ0) is 23.5. The van der Waals surface area contributed by atoms with Crippen molar-refractivity contribution < 1.29 is 17.9 Å². The third-order valence-electron chi connectivity index (χ3n) is 4.98. The van der Waals surface area contributed by atoms with Gasteiger partial charge in [0.2, 0.25) is 10.0 Å². The van der Waals surface area contributed by atoms with Crippen molar-refractivity contribution in [3.05, 3.63) is 78.1 Å². The fraction of sp³-hybridized carbons (Fsp3) is 0.304. The van der Waals surface area contributed by atoms with Crippen molar-refractivity contribution in [1.82, 2.24) is 13.9 Å². The zero-order valence-corrected chi connectivity index (χ0v) is 20.2. The number of nitrogens with zero attached hydrogens (tertiary/aromatic N) is 3. The second-order valence-corrected chi connectivity index (χ2v) is 11.1. The first-order valence-electron chi connectivity index (χ1n) is 9.97. The van der Waals surface area contributed by atoms with Gasteiger partial charge in [0.1, 0.15) is 5.25 Å². The highest BCUT2D eigenvalue weighted by Crippen LogP contribution is 2.34. The van der Waals surface area contributed by atoms with Crippen LogP contribution in [0.4, 0.5) is 4.79 Å². The molecule has 0 aliphatic heterocycles. The molecular formula is C23H27N3O4S2. The third kappa shape index (κ3) is 4.78. The fourth-order valence-corrected chi connectivity index (χ4v) is 5.84. The van der Waals surface area contributed by atoms with Gasteiger partial charge in [-0.15, -0.1) is 17.9 Å². The molecule has 9 heteroatoms. The van der Waals surface area contributed by atoms with E-state index < -0.39 is 26.9 Å². The summed E-state index contributed by atoms with van der Waals surface area (Å²) in [6, 6.07) is 8.94. The number of pyridine rings is 1. The Morgan fingerprint density at radius 3 is 2.62 bits per heavy atom. The first-order chi connectivity index (χ1) is 15.1. The summed E-state index contributed by atoms with van der Waals surface area (Å²) in [6.07, 6.45) is 5.61. The van der Waals surface area contributed by atoms with Crippen molar-refractivity contribution in [3.8, 4) is 10.6 Å². The lowest BCUT2D eigenvalue weighted by Gasteiger charge is -2.34. The average Bonchev–Trinajstić information content (AvgIpc) is 3.42. The minimum absolute atomic E-state index is 0.197. The number of hydrogen-bond donors (Lipinski definition) is 0. The van der Waals surface area contributed by atoms with Crippen molar-refractivity contribution in [2.24, 2.45) is 0 Å².